The molecule has 6 nitrogen and oxygen atoms in total. The second-order valence-electron chi connectivity index (χ2n) is 6.46. The zero-order chi connectivity index (χ0) is 19.9. The molecule has 1 heterocycles. The van der Waals surface area contributed by atoms with Crippen molar-refractivity contribution >= 4 is 45.7 Å². The van der Waals surface area contributed by atoms with E-state index >= 15 is 0 Å². The zero-order valence-corrected chi connectivity index (χ0v) is 16.1. The van der Waals surface area contributed by atoms with E-state index in [2.05, 4.69) is 5.32 Å². The van der Waals surface area contributed by atoms with Crippen LogP contribution in [0.15, 0.2) is 41.3 Å². The van der Waals surface area contributed by atoms with Crippen LogP contribution in [0.1, 0.15) is 37.7 Å². The predicted octanol–water partition coefficient (Wildman–Crippen LogP) is 4.58. The molecule has 0 bridgehead atoms. The molecule has 0 radical (unpaired) electrons. The summed E-state index contributed by atoms with van der Waals surface area (Å²) in [6, 6.07) is 11.5. The monoisotopic (exact) mass is 399 g/mol. The summed E-state index contributed by atoms with van der Waals surface area (Å²) in [5.41, 5.74) is 0.851. The SMILES string of the molecule is O=C(O)CCCCCCOc1ccc(C=C2SC(=O)NC2=O)c2ccccc12. The van der Waals surface area contributed by atoms with Crippen LogP contribution < -0.4 is 10.1 Å². The molecule has 2 aromatic rings. The highest BCUT2D eigenvalue weighted by molar-refractivity contribution is 8.18. The number of carbonyl (C=O) groups excluding carboxylic acids is 2. The van der Waals surface area contributed by atoms with Gasteiger partial charge in [0.1, 0.15) is 5.75 Å². The lowest BCUT2D eigenvalue weighted by molar-refractivity contribution is -0.137. The van der Waals surface area contributed by atoms with Crippen LogP contribution in [0, 0.1) is 0 Å². The van der Waals surface area contributed by atoms with Crippen molar-refractivity contribution in [3.05, 3.63) is 46.9 Å². The summed E-state index contributed by atoms with van der Waals surface area (Å²) in [6.45, 7) is 0.560. The molecule has 0 spiro atoms. The Hall–Kier alpha value is -2.80. The zero-order valence-electron chi connectivity index (χ0n) is 15.3. The van der Waals surface area contributed by atoms with Gasteiger partial charge in [0.15, 0.2) is 0 Å². The fraction of sp³-hybridized carbons (Fsp3) is 0.286. The van der Waals surface area contributed by atoms with Crippen molar-refractivity contribution in [1.29, 1.82) is 0 Å². The molecule has 0 aliphatic carbocycles. The molecule has 0 aromatic heterocycles. The maximum Gasteiger partial charge on any atom is 0.303 e. The van der Waals surface area contributed by atoms with E-state index in [1.807, 2.05) is 36.4 Å². The third kappa shape index (κ3) is 5.13. The highest BCUT2D eigenvalue weighted by Crippen LogP contribution is 2.32. The summed E-state index contributed by atoms with van der Waals surface area (Å²) >= 11 is 0.900. The second-order valence-corrected chi connectivity index (χ2v) is 7.47. The van der Waals surface area contributed by atoms with Crippen molar-refractivity contribution in [2.24, 2.45) is 0 Å². The van der Waals surface area contributed by atoms with Gasteiger partial charge in [-0.05, 0) is 47.7 Å². The van der Waals surface area contributed by atoms with Gasteiger partial charge in [-0.3, -0.25) is 19.7 Å². The Morgan fingerprint density at radius 3 is 2.50 bits per heavy atom. The van der Waals surface area contributed by atoms with Crippen LogP contribution in [0.2, 0.25) is 0 Å². The number of hydrogen-bond donors (Lipinski definition) is 2. The first kappa shape index (κ1) is 19.9. The van der Waals surface area contributed by atoms with E-state index in [4.69, 9.17) is 9.84 Å². The van der Waals surface area contributed by atoms with E-state index in [9.17, 15) is 14.4 Å². The van der Waals surface area contributed by atoms with Crippen molar-refractivity contribution in [2.75, 3.05) is 6.61 Å². The molecule has 1 aliphatic heterocycles. The summed E-state index contributed by atoms with van der Waals surface area (Å²) < 4.78 is 5.93. The Bertz CT molecular complexity index is 938. The lowest BCUT2D eigenvalue weighted by atomic mass is 10.0. The minimum Gasteiger partial charge on any atom is -0.493 e. The molecule has 0 unspecified atom stereocenters. The summed E-state index contributed by atoms with van der Waals surface area (Å²) in [4.78, 5) is 34.0. The number of imide groups is 1. The van der Waals surface area contributed by atoms with Crippen molar-refractivity contribution in [2.45, 2.75) is 32.1 Å². The van der Waals surface area contributed by atoms with Gasteiger partial charge >= 0.3 is 5.97 Å². The number of thioether (sulfide) groups is 1. The molecule has 0 atom stereocenters. The minimum atomic E-state index is -0.754. The molecular formula is C21H21NO5S. The number of carbonyl (C=O) groups is 3. The van der Waals surface area contributed by atoms with Crippen LogP contribution in [0.4, 0.5) is 4.79 Å². The van der Waals surface area contributed by atoms with E-state index in [0.29, 0.717) is 17.9 Å². The van der Waals surface area contributed by atoms with Gasteiger partial charge < -0.3 is 9.84 Å². The molecule has 2 N–H and O–H groups in total. The van der Waals surface area contributed by atoms with Gasteiger partial charge in [-0.25, -0.2) is 0 Å². The third-order valence-electron chi connectivity index (χ3n) is 4.39. The van der Waals surface area contributed by atoms with E-state index < -0.39 is 5.97 Å². The average molecular weight is 399 g/mol. The smallest absolute Gasteiger partial charge is 0.303 e. The summed E-state index contributed by atoms with van der Waals surface area (Å²) in [5, 5.41) is 12.4. The molecule has 2 aromatic carbocycles. The Morgan fingerprint density at radius 1 is 1.04 bits per heavy atom. The van der Waals surface area contributed by atoms with Crippen LogP contribution in [-0.4, -0.2) is 28.8 Å². The molecule has 28 heavy (non-hydrogen) atoms. The molecule has 7 heteroatoms. The van der Waals surface area contributed by atoms with Crippen molar-refractivity contribution in [1.82, 2.24) is 5.32 Å². The molecule has 0 saturated carbocycles. The van der Waals surface area contributed by atoms with Crippen LogP contribution in [0.25, 0.3) is 16.8 Å². The van der Waals surface area contributed by atoms with Gasteiger partial charge in [0.25, 0.3) is 11.1 Å². The van der Waals surface area contributed by atoms with Crippen LogP contribution in [0.5, 0.6) is 5.75 Å². The largest absolute Gasteiger partial charge is 0.493 e. The Kier molecular flexibility index (Phi) is 6.71. The number of unbranched alkanes of at least 4 members (excludes halogenated alkanes) is 3. The average Bonchev–Trinajstić information content (AvgIpc) is 2.99. The van der Waals surface area contributed by atoms with Gasteiger partial charge in [-0.1, -0.05) is 43.2 Å². The first-order valence-corrected chi connectivity index (χ1v) is 9.97. The lowest BCUT2D eigenvalue weighted by Crippen LogP contribution is -2.17. The van der Waals surface area contributed by atoms with Crippen LogP contribution in [-0.2, 0) is 9.59 Å². The van der Waals surface area contributed by atoms with Gasteiger partial charge in [0.2, 0.25) is 0 Å². The molecule has 1 saturated heterocycles. The number of rotatable bonds is 9. The quantitative estimate of drug-likeness (QED) is 0.474. The number of benzene rings is 2. The summed E-state index contributed by atoms with van der Waals surface area (Å²) in [7, 11) is 0. The number of amides is 2. The van der Waals surface area contributed by atoms with Crippen molar-refractivity contribution in [3.63, 3.8) is 0 Å². The maximum absolute atomic E-state index is 11.8. The Labute approximate surface area is 166 Å². The normalized spacial score (nSPS) is 15.2. The number of nitrogens with one attached hydrogen (secondary N) is 1. The van der Waals surface area contributed by atoms with Crippen LogP contribution >= 0.6 is 11.8 Å². The summed E-state index contributed by atoms with van der Waals surface area (Å²) in [6.07, 6.45) is 5.29. The number of carboxylic acids is 1. The molecule has 2 amide bonds. The third-order valence-corrected chi connectivity index (χ3v) is 5.20. The number of ether oxygens (including phenoxy) is 1. The Morgan fingerprint density at radius 2 is 1.79 bits per heavy atom. The fourth-order valence-corrected chi connectivity index (χ4v) is 3.70. The van der Waals surface area contributed by atoms with Gasteiger partial charge in [-0.15, -0.1) is 0 Å². The van der Waals surface area contributed by atoms with E-state index in [1.165, 1.54) is 0 Å². The standard InChI is InChI=1S/C21H21NO5S/c23-19(24)9-3-1-2-6-12-27-17-11-10-14(15-7-4-5-8-16(15)17)13-18-20(25)22-21(26)28-18/h4-5,7-8,10-11,13H,1-3,6,9,12H2,(H,23,24)(H,22,25,26). The maximum atomic E-state index is 11.8. The minimum absolute atomic E-state index is 0.213. The highest BCUT2D eigenvalue weighted by atomic mass is 32.2. The van der Waals surface area contributed by atoms with Gasteiger partial charge in [-0.2, -0.15) is 0 Å². The molecule has 1 fully saturated rings. The predicted molar refractivity (Wildman–Crippen MR) is 109 cm³/mol. The van der Waals surface area contributed by atoms with Crippen molar-refractivity contribution < 1.29 is 24.2 Å². The number of aliphatic carboxylic acids is 1. The summed E-state index contributed by atoms with van der Waals surface area (Å²) in [5.74, 6) is -0.360. The Balaban J connectivity index is 1.67. The van der Waals surface area contributed by atoms with E-state index in [1.54, 1.807) is 6.08 Å². The second kappa shape index (κ2) is 9.41. The van der Waals surface area contributed by atoms with Crippen molar-refractivity contribution in [3.8, 4) is 5.75 Å². The molecule has 146 valence electrons. The topological polar surface area (TPSA) is 92.7 Å². The van der Waals surface area contributed by atoms with Gasteiger partial charge in [0.05, 0.1) is 11.5 Å². The van der Waals surface area contributed by atoms with E-state index in [0.717, 1.165) is 53.1 Å². The molecular weight excluding hydrogens is 378 g/mol. The number of hydrogen-bond acceptors (Lipinski definition) is 5. The van der Waals surface area contributed by atoms with Gasteiger partial charge in [0, 0.05) is 11.8 Å². The molecule has 1 aliphatic rings. The fourth-order valence-electron chi connectivity index (χ4n) is 3.02. The number of carboxylic acid groups (broad SMARTS) is 1. The lowest BCUT2D eigenvalue weighted by Gasteiger charge is -2.11. The van der Waals surface area contributed by atoms with Crippen LogP contribution in [0.3, 0.4) is 0 Å². The van der Waals surface area contributed by atoms with E-state index in [-0.39, 0.29) is 17.6 Å². The first-order chi connectivity index (χ1) is 13.5. The highest BCUT2D eigenvalue weighted by Gasteiger charge is 2.25. The molecule has 3 rings (SSSR count). The first-order valence-electron chi connectivity index (χ1n) is 9.16. The number of fused-ring (bicyclic) bond motifs is 1.